The van der Waals surface area contributed by atoms with E-state index in [1.54, 1.807) is 41.3 Å². The minimum absolute atomic E-state index is 0.0932. The van der Waals surface area contributed by atoms with Gasteiger partial charge in [-0.3, -0.25) is 9.69 Å². The number of nitrogens with zero attached hydrogens (tertiary/aromatic N) is 2. The molecule has 1 aliphatic heterocycles. The van der Waals surface area contributed by atoms with E-state index >= 15 is 0 Å². The van der Waals surface area contributed by atoms with Gasteiger partial charge in [0.1, 0.15) is 0 Å². The first kappa shape index (κ1) is 17.0. The van der Waals surface area contributed by atoms with Gasteiger partial charge in [0, 0.05) is 30.5 Å². The van der Waals surface area contributed by atoms with Crippen molar-refractivity contribution >= 4 is 34.9 Å². The molecule has 1 aliphatic rings. The predicted molar refractivity (Wildman–Crippen MR) is 95.6 cm³/mol. The van der Waals surface area contributed by atoms with Crippen molar-refractivity contribution in [1.82, 2.24) is 10.3 Å². The van der Waals surface area contributed by atoms with E-state index in [2.05, 4.69) is 15.6 Å². The fourth-order valence-electron chi connectivity index (χ4n) is 2.44. The van der Waals surface area contributed by atoms with Crippen LogP contribution in [-0.2, 0) is 0 Å². The number of anilines is 2. The van der Waals surface area contributed by atoms with Crippen LogP contribution in [0, 0.1) is 0 Å². The van der Waals surface area contributed by atoms with E-state index in [0.29, 0.717) is 31.3 Å². The molecule has 0 bridgehead atoms. The summed E-state index contributed by atoms with van der Waals surface area (Å²) in [5.41, 5.74) is 1.44. The highest BCUT2D eigenvalue weighted by molar-refractivity contribution is 6.34. The standard InChI is InChI=1S/C17H17ClN4O3/c1-2-25-14-8-7-13(18)15(21-14)16(23)20-11-3-5-12(6-4-11)22-10-9-19-17(22)24/h3-8H,2,9-10H2,1H3,(H,19,24)(H,20,23). The van der Waals surface area contributed by atoms with Gasteiger partial charge in [-0.05, 0) is 37.3 Å². The normalized spacial score (nSPS) is 13.5. The Morgan fingerprint density at radius 1 is 1.32 bits per heavy atom. The molecule has 3 amide bonds. The Kier molecular flexibility index (Phi) is 5.04. The van der Waals surface area contributed by atoms with Crippen molar-refractivity contribution in [1.29, 1.82) is 0 Å². The number of ether oxygens (including phenoxy) is 1. The summed E-state index contributed by atoms with van der Waals surface area (Å²) < 4.78 is 5.29. The lowest BCUT2D eigenvalue weighted by Gasteiger charge is -2.14. The molecule has 0 atom stereocenters. The highest BCUT2D eigenvalue weighted by Gasteiger charge is 2.21. The smallest absolute Gasteiger partial charge is 0.321 e. The lowest BCUT2D eigenvalue weighted by atomic mass is 10.2. The molecule has 1 fully saturated rings. The molecule has 130 valence electrons. The fourth-order valence-corrected chi connectivity index (χ4v) is 2.64. The Labute approximate surface area is 149 Å². The number of pyridine rings is 1. The minimum Gasteiger partial charge on any atom is -0.478 e. The number of carbonyl (C=O) groups is 2. The quantitative estimate of drug-likeness (QED) is 0.858. The number of hydrogen-bond donors (Lipinski definition) is 2. The van der Waals surface area contributed by atoms with Crippen LogP contribution in [0.4, 0.5) is 16.2 Å². The average molecular weight is 361 g/mol. The lowest BCUT2D eigenvalue weighted by molar-refractivity contribution is 0.102. The summed E-state index contributed by atoms with van der Waals surface area (Å²) in [6.45, 7) is 3.52. The van der Waals surface area contributed by atoms with Gasteiger partial charge >= 0.3 is 6.03 Å². The SMILES string of the molecule is CCOc1ccc(Cl)c(C(=O)Nc2ccc(N3CCNC3=O)cc2)n1. The van der Waals surface area contributed by atoms with Crippen LogP contribution in [0.5, 0.6) is 5.88 Å². The van der Waals surface area contributed by atoms with Gasteiger partial charge in [-0.1, -0.05) is 11.6 Å². The third-order valence-corrected chi connectivity index (χ3v) is 3.93. The van der Waals surface area contributed by atoms with Crippen LogP contribution in [0.3, 0.4) is 0 Å². The number of urea groups is 1. The molecular formula is C17H17ClN4O3. The molecule has 8 heteroatoms. The molecule has 2 heterocycles. The first-order chi connectivity index (χ1) is 12.1. The average Bonchev–Trinajstić information content (AvgIpc) is 3.03. The molecule has 1 aromatic carbocycles. The molecule has 0 saturated carbocycles. The summed E-state index contributed by atoms with van der Waals surface area (Å²) >= 11 is 6.05. The summed E-state index contributed by atoms with van der Waals surface area (Å²) in [5, 5.41) is 5.72. The van der Waals surface area contributed by atoms with Crippen molar-refractivity contribution in [3.05, 3.63) is 47.1 Å². The number of hydrogen-bond acceptors (Lipinski definition) is 4. The molecule has 0 unspecified atom stereocenters. The molecule has 2 N–H and O–H groups in total. The molecular weight excluding hydrogens is 344 g/mol. The van der Waals surface area contributed by atoms with Gasteiger partial charge in [0.2, 0.25) is 5.88 Å². The second-order valence-corrected chi connectivity index (χ2v) is 5.70. The second kappa shape index (κ2) is 7.40. The van der Waals surface area contributed by atoms with Crippen molar-refractivity contribution in [3.8, 4) is 5.88 Å². The maximum atomic E-state index is 12.4. The van der Waals surface area contributed by atoms with E-state index in [4.69, 9.17) is 16.3 Å². The van der Waals surface area contributed by atoms with Crippen molar-refractivity contribution in [2.75, 3.05) is 29.9 Å². The lowest BCUT2D eigenvalue weighted by Crippen LogP contribution is -2.27. The third-order valence-electron chi connectivity index (χ3n) is 3.62. The number of halogens is 1. The maximum absolute atomic E-state index is 12.4. The Bertz CT molecular complexity index is 795. The van der Waals surface area contributed by atoms with Gasteiger partial charge < -0.3 is 15.4 Å². The Morgan fingerprint density at radius 2 is 2.08 bits per heavy atom. The number of amides is 3. The van der Waals surface area contributed by atoms with Gasteiger partial charge in [0.05, 0.1) is 11.6 Å². The molecule has 7 nitrogen and oxygen atoms in total. The van der Waals surface area contributed by atoms with E-state index < -0.39 is 5.91 Å². The van der Waals surface area contributed by atoms with E-state index in [1.165, 1.54) is 0 Å². The first-order valence-corrected chi connectivity index (χ1v) is 8.22. The number of nitrogens with one attached hydrogen (secondary N) is 2. The van der Waals surface area contributed by atoms with Crippen molar-refractivity contribution in [2.24, 2.45) is 0 Å². The van der Waals surface area contributed by atoms with E-state index in [0.717, 1.165) is 5.69 Å². The molecule has 2 aromatic rings. The number of rotatable bonds is 5. The minimum atomic E-state index is -0.432. The maximum Gasteiger partial charge on any atom is 0.321 e. The molecule has 0 radical (unpaired) electrons. The summed E-state index contributed by atoms with van der Waals surface area (Å²) in [5.74, 6) is -0.0920. The molecule has 0 aliphatic carbocycles. The highest BCUT2D eigenvalue weighted by Crippen LogP contribution is 2.22. The number of aromatic nitrogens is 1. The molecule has 1 aromatic heterocycles. The summed E-state index contributed by atoms with van der Waals surface area (Å²) in [6.07, 6.45) is 0. The van der Waals surface area contributed by atoms with Gasteiger partial charge in [-0.15, -0.1) is 0 Å². The zero-order valence-corrected chi connectivity index (χ0v) is 14.3. The van der Waals surface area contributed by atoms with Crippen LogP contribution in [0.1, 0.15) is 17.4 Å². The second-order valence-electron chi connectivity index (χ2n) is 5.30. The van der Waals surface area contributed by atoms with Crippen molar-refractivity contribution < 1.29 is 14.3 Å². The molecule has 0 spiro atoms. The van der Waals surface area contributed by atoms with Gasteiger partial charge in [0.15, 0.2) is 5.69 Å². The van der Waals surface area contributed by atoms with Crippen molar-refractivity contribution in [3.63, 3.8) is 0 Å². The molecule has 3 rings (SSSR count). The zero-order chi connectivity index (χ0) is 17.8. The van der Waals surface area contributed by atoms with Crippen LogP contribution in [0.2, 0.25) is 5.02 Å². The fraction of sp³-hybridized carbons (Fsp3) is 0.235. The van der Waals surface area contributed by atoms with Crippen LogP contribution in [0.15, 0.2) is 36.4 Å². The largest absolute Gasteiger partial charge is 0.478 e. The highest BCUT2D eigenvalue weighted by atomic mass is 35.5. The zero-order valence-electron chi connectivity index (χ0n) is 13.6. The predicted octanol–water partition coefficient (Wildman–Crippen LogP) is 2.92. The molecule has 1 saturated heterocycles. The monoisotopic (exact) mass is 360 g/mol. The Morgan fingerprint density at radius 3 is 2.72 bits per heavy atom. The van der Waals surface area contributed by atoms with Crippen LogP contribution in [0.25, 0.3) is 0 Å². The van der Waals surface area contributed by atoms with Crippen LogP contribution >= 0.6 is 11.6 Å². The number of carbonyl (C=O) groups excluding carboxylic acids is 2. The third kappa shape index (κ3) is 3.83. The summed E-state index contributed by atoms with van der Waals surface area (Å²) in [7, 11) is 0. The Balaban J connectivity index is 1.73. The van der Waals surface area contributed by atoms with E-state index in [-0.39, 0.29) is 16.7 Å². The topological polar surface area (TPSA) is 83.6 Å². The van der Waals surface area contributed by atoms with Crippen LogP contribution < -0.4 is 20.3 Å². The van der Waals surface area contributed by atoms with E-state index in [9.17, 15) is 9.59 Å². The van der Waals surface area contributed by atoms with Gasteiger partial charge in [0.25, 0.3) is 5.91 Å². The molecule has 25 heavy (non-hydrogen) atoms. The summed E-state index contributed by atoms with van der Waals surface area (Å²) in [6, 6.07) is 10.0. The van der Waals surface area contributed by atoms with Crippen LogP contribution in [-0.4, -0.2) is 36.6 Å². The van der Waals surface area contributed by atoms with Crippen molar-refractivity contribution in [2.45, 2.75) is 6.92 Å². The number of benzene rings is 1. The first-order valence-electron chi connectivity index (χ1n) is 7.84. The van der Waals surface area contributed by atoms with Gasteiger partial charge in [-0.25, -0.2) is 9.78 Å². The summed E-state index contributed by atoms with van der Waals surface area (Å²) in [4.78, 5) is 29.8. The Hall–Kier alpha value is -2.80. The van der Waals surface area contributed by atoms with Gasteiger partial charge in [-0.2, -0.15) is 0 Å². The van der Waals surface area contributed by atoms with E-state index in [1.807, 2.05) is 6.92 Å².